The van der Waals surface area contributed by atoms with Crippen LogP contribution in [-0.4, -0.2) is 38.5 Å². The minimum Gasteiger partial charge on any atom is -0.486 e. The molecule has 0 fully saturated rings. The number of fused-ring (bicyclic) bond motifs is 1. The predicted molar refractivity (Wildman–Crippen MR) is 105 cm³/mol. The van der Waals surface area contributed by atoms with Crippen LogP contribution in [0.1, 0.15) is 33.5 Å². The normalized spacial score (nSPS) is 13.3. The van der Waals surface area contributed by atoms with Gasteiger partial charge in [-0.3, -0.25) is 9.59 Å². The van der Waals surface area contributed by atoms with Gasteiger partial charge in [-0.25, -0.2) is 4.98 Å². The smallest absolute Gasteiger partial charge is 0.269 e. The lowest BCUT2D eigenvalue weighted by molar-refractivity contribution is -0.124. The molecule has 8 nitrogen and oxygen atoms in total. The number of hydrogen-bond acceptors (Lipinski definition) is 6. The molecule has 1 atom stereocenters. The first-order chi connectivity index (χ1) is 13.2. The van der Waals surface area contributed by atoms with Gasteiger partial charge in [0.05, 0.1) is 28.9 Å². The van der Waals surface area contributed by atoms with Gasteiger partial charge in [0.25, 0.3) is 5.91 Å². The molecule has 1 unspecified atom stereocenters. The number of aliphatic hydroxyl groups excluding tert-OH is 1. The van der Waals surface area contributed by atoms with E-state index >= 15 is 0 Å². The van der Waals surface area contributed by atoms with Crippen molar-refractivity contribution in [2.75, 3.05) is 6.61 Å². The van der Waals surface area contributed by atoms with Crippen LogP contribution in [0.15, 0.2) is 29.9 Å². The van der Waals surface area contributed by atoms with Crippen molar-refractivity contribution < 1.29 is 19.4 Å². The minimum absolute atomic E-state index is 0.343. The van der Waals surface area contributed by atoms with Gasteiger partial charge in [-0.15, -0.1) is 11.3 Å². The number of carbonyl (C=O) groups is 2. The lowest BCUT2D eigenvalue weighted by atomic mass is 10.0. The Morgan fingerprint density at radius 3 is 2.75 bits per heavy atom. The lowest BCUT2D eigenvalue weighted by Gasteiger charge is -2.25. The zero-order valence-corrected chi connectivity index (χ0v) is 16.7. The number of ether oxygens (including phenoxy) is 1. The minimum atomic E-state index is -1.55. The first kappa shape index (κ1) is 19.8. The highest BCUT2D eigenvalue weighted by Gasteiger charge is 2.33. The van der Waals surface area contributed by atoms with Crippen molar-refractivity contribution in [1.82, 2.24) is 14.7 Å². The van der Waals surface area contributed by atoms with Crippen LogP contribution in [0, 0.1) is 13.8 Å². The number of aryl methyl sites for hydroxylation is 2. The maximum atomic E-state index is 12.8. The van der Waals surface area contributed by atoms with Crippen LogP contribution in [-0.2, 0) is 11.4 Å². The van der Waals surface area contributed by atoms with Gasteiger partial charge in [-0.1, -0.05) is 0 Å². The summed E-state index contributed by atoms with van der Waals surface area (Å²) in [5, 5.41) is 12.0. The fourth-order valence-corrected chi connectivity index (χ4v) is 3.45. The third kappa shape index (κ3) is 3.71. The largest absolute Gasteiger partial charge is 0.486 e. The first-order valence-corrected chi connectivity index (χ1v) is 9.50. The summed E-state index contributed by atoms with van der Waals surface area (Å²) in [5.74, 6) is -0.737. The molecule has 0 spiro atoms. The fraction of sp³-hybridized carbons (Fsp3) is 0.316. The highest BCUT2D eigenvalue weighted by atomic mass is 32.1. The fourth-order valence-electron chi connectivity index (χ4n) is 2.76. The van der Waals surface area contributed by atoms with E-state index in [0.29, 0.717) is 18.1 Å². The summed E-state index contributed by atoms with van der Waals surface area (Å²) in [4.78, 5) is 29.7. The number of hydrogen-bond donors (Lipinski definition) is 3. The molecule has 9 heteroatoms. The molecule has 0 aliphatic rings. The molecule has 0 radical (unpaired) electrons. The Balaban J connectivity index is 1.90. The van der Waals surface area contributed by atoms with E-state index in [4.69, 9.17) is 10.5 Å². The second-order valence-electron chi connectivity index (χ2n) is 6.79. The van der Waals surface area contributed by atoms with Crippen LogP contribution < -0.4 is 15.8 Å². The number of nitrogens with two attached hydrogens (primary N) is 1. The van der Waals surface area contributed by atoms with Crippen LogP contribution in [0.5, 0.6) is 5.75 Å². The Morgan fingerprint density at radius 1 is 1.39 bits per heavy atom. The molecule has 3 rings (SSSR count). The molecule has 3 aromatic rings. The van der Waals surface area contributed by atoms with E-state index in [2.05, 4.69) is 10.3 Å². The number of nitrogens with zero attached hydrogens (tertiary/aromatic N) is 2. The number of amides is 2. The summed E-state index contributed by atoms with van der Waals surface area (Å²) in [6, 6.07) is 5.53. The number of aromatic nitrogens is 2. The molecular formula is C19H22N4O4S. The monoisotopic (exact) mass is 402 g/mol. The molecule has 2 amide bonds. The van der Waals surface area contributed by atoms with E-state index < -0.39 is 24.0 Å². The number of primary amides is 1. The van der Waals surface area contributed by atoms with Crippen LogP contribution in [0.25, 0.3) is 5.52 Å². The number of rotatable bonds is 7. The molecule has 4 N–H and O–H groups in total. The molecule has 0 aliphatic carbocycles. The first-order valence-electron chi connectivity index (χ1n) is 8.62. The summed E-state index contributed by atoms with van der Waals surface area (Å²) in [6.07, 6.45) is 1.72. The van der Waals surface area contributed by atoms with E-state index in [0.717, 1.165) is 21.7 Å². The molecule has 0 aromatic carbocycles. The summed E-state index contributed by atoms with van der Waals surface area (Å²) in [6.45, 7) is 4.88. The van der Waals surface area contributed by atoms with Crippen molar-refractivity contribution in [3.63, 3.8) is 0 Å². The second kappa shape index (κ2) is 7.61. The van der Waals surface area contributed by atoms with E-state index in [9.17, 15) is 14.7 Å². The van der Waals surface area contributed by atoms with Crippen molar-refractivity contribution in [3.8, 4) is 5.75 Å². The molecule has 3 heterocycles. The Labute approximate surface area is 166 Å². The molecular weight excluding hydrogens is 380 g/mol. The zero-order chi connectivity index (χ0) is 20.5. The van der Waals surface area contributed by atoms with Crippen molar-refractivity contribution >= 4 is 28.7 Å². The van der Waals surface area contributed by atoms with E-state index in [-0.39, 0.29) is 0 Å². The van der Waals surface area contributed by atoms with Gasteiger partial charge < -0.3 is 25.3 Å². The third-order valence-electron chi connectivity index (χ3n) is 4.61. The highest BCUT2D eigenvalue weighted by Crippen LogP contribution is 2.23. The molecule has 148 valence electrons. The van der Waals surface area contributed by atoms with E-state index in [1.807, 2.05) is 25.1 Å². The summed E-state index contributed by atoms with van der Waals surface area (Å²) in [7, 11) is 0. The van der Waals surface area contributed by atoms with Gasteiger partial charge in [0.15, 0.2) is 0 Å². The van der Waals surface area contributed by atoms with Gasteiger partial charge in [-0.05, 0) is 44.5 Å². The number of carbonyl (C=O) groups excluding carboxylic acids is 2. The predicted octanol–water partition coefficient (Wildman–Crippen LogP) is 1.56. The van der Waals surface area contributed by atoms with Gasteiger partial charge >= 0.3 is 0 Å². The molecule has 0 aliphatic heterocycles. The number of aliphatic hydroxyl groups is 1. The van der Waals surface area contributed by atoms with Crippen molar-refractivity contribution in [3.05, 3.63) is 51.7 Å². The molecule has 0 bridgehead atoms. The Hall–Kier alpha value is -2.91. The Morgan fingerprint density at radius 2 is 2.14 bits per heavy atom. The van der Waals surface area contributed by atoms with Crippen LogP contribution >= 0.6 is 11.3 Å². The standard InChI is InChI=1S/C19H22N4O4S/c1-11-6-13-4-5-14(27-8-15-12(2)21-10-28-15)7-23(13)16(11)17(25)22-19(3,9-24)18(20)26/h4-7,10,24H,8-9H2,1-3H3,(H2,20,26)(H,22,25). The van der Waals surface area contributed by atoms with Crippen LogP contribution in [0.2, 0.25) is 0 Å². The van der Waals surface area contributed by atoms with Gasteiger partial charge in [0.1, 0.15) is 23.6 Å². The van der Waals surface area contributed by atoms with Crippen LogP contribution in [0.3, 0.4) is 0 Å². The summed E-state index contributed by atoms with van der Waals surface area (Å²) < 4.78 is 7.54. The van der Waals surface area contributed by atoms with Crippen LogP contribution in [0.4, 0.5) is 0 Å². The average Bonchev–Trinajstić information content (AvgIpc) is 3.20. The quantitative estimate of drug-likeness (QED) is 0.554. The molecule has 0 saturated heterocycles. The van der Waals surface area contributed by atoms with Crippen molar-refractivity contribution in [1.29, 1.82) is 0 Å². The van der Waals surface area contributed by atoms with Gasteiger partial charge in [0, 0.05) is 5.52 Å². The Bertz CT molecular complexity index is 1040. The third-order valence-corrected chi connectivity index (χ3v) is 5.52. The molecule has 0 saturated carbocycles. The second-order valence-corrected chi connectivity index (χ2v) is 7.73. The lowest BCUT2D eigenvalue weighted by Crippen LogP contribution is -2.58. The summed E-state index contributed by atoms with van der Waals surface area (Å²) in [5.41, 5.74) is 8.32. The topological polar surface area (TPSA) is 119 Å². The SMILES string of the molecule is Cc1cc2ccc(OCc3scnc3C)cn2c1C(=O)NC(C)(CO)C(N)=O. The number of thiazole rings is 1. The maximum Gasteiger partial charge on any atom is 0.269 e. The Kier molecular flexibility index (Phi) is 5.39. The highest BCUT2D eigenvalue weighted by molar-refractivity contribution is 7.09. The number of pyridine rings is 1. The van der Waals surface area contributed by atoms with E-state index in [1.54, 1.807) is 23.0 Å². The molecule has 28 heavy (non-hydrogen) atoms. The zero-order valence-electron chi connectivity index (χ0n) is 15.9. The van der Waals surface area contributed by atoms with Crippen molar-refractivity contribution in [2.45, 2.75) is 32.9 Å². The number of nitrogens with one attached hydrogen (secondary N) is 1. The van der Waals surface area contributed by atoms with Crippen molar-refractivity contribution in [2.24, 2.45) is 5.73 Å². The average molecular weight is 402 g/mol. The summed E-state index contributed by atoms with van der Waals surface area (Å²) >= 11 is 1.52. The van der Waals surface area contributed by atoms with E-state index in [1.165, 1.54) is 18.3 Å². The van der Waals surface area contributed by atoms with Gasteiger partial charge in [0.2, 0.25) is 5.91 Å². The van der Waals surface area contributed by atoms with Gasteiger partial charge in [-0.2, -0.15) is 0 Å². The molecule has 3 aromatic heterocycles. The maximum absolute atomic E-state index is 12.8.